The SMILES string of the molecule is COCCN(Cc1cnn(C)c1)C(=O)Cc1sc(C)nc1C. The van der Waals surface area contributed by atoms with Gasteiger partial charge in [-0.05, 0) is 13.8 Å². The van der Waals surface area contributed by atoms with Gasteiger partial charge in [-0.2, -0.15) is 5.10 Å². The first-order valence-corrected chi connectivity index (χ1v) is 7.98. The molecule has 0 spiro atoms. The molecule has 22 heavy (non-hydrogen) atoms. The van der Waals surface area contributed by atoms with Gasteiger partial charge in [0.25, 0.3) is 0 Å². The summed E-state index contributed by atoms with van der Waals surface area (Å²) in [7, 11) is 3.51. The first kappa shape index (κ1) is 16.6. The van der Waals surface area contributed by atoms with Gasteiger partial charge in [-0.1, -0.05) is 0 Å². The Morgan fingerprint density at radius 1 is 1.45 bits per heavy atom. The fourth-order valence-corrected chi connectivity index (χ4v) is 3.18. The molecule has 0 radical (unpaired) electrons. The second kappa shape index (κ2) is 7.51. The third kappa shape index (κ3) is 4.38. The first-order valence-electron chi connectivity index (χ1n) is 7.16. The molecule has 2 rings (SSSR count). The Labute approximate surface area is 134 Å². The largest absolute Gasteiger partial charge is 0.383 e. The van der Waals surface area contributed by atoms with E-state index in [1.807, 2.05) is 32.0 Å². The lowest BCUT2D eigenvalue weighted by Crippen LogP contribution is -2.34. The molecule has 0 N–H and O–H groups in total. The molecule has 2 aromatic rings. The molecule has 0 aliphatic carbocycles. The van der Waals surface area contributed by atoms with Crippen molar-refractivity contribution in [3.63, 3.8) is 0 Å². The van der Waals surface area contributed by atoms with Crippen molar-refractivity contribution in [2.45, 2.75) is 26.8 Å². The van der Waals surface area contributed by atoms with E-state index in [1.54, 1.807) is 29.3 Å². The lowest BCUT2D eigenvalue weighted by molar-refractivity contribution is -0.131. The number of aromatic nitrogens is 3. The summed E-state index contributed by atoms with van der Waals surface area (Å²) in [4.78, 5) is 19.8. The zero-order valence-corrected chi connectivity index (χ0v) is 14.3. The standard InChI is InChI=1S/C15H22N4O2S/c1-11-14(22-12(2)17-11)7-15(20)19(5-6-21-4)10-13-8-16-18(3)9-13/h8-9H,5-7,10H2,1-4H3. The van der Waals surface area contributed by atoms with E-state index in [1.165, 1.54) is 0 Å². The van der Waals surface area contributed by atoms with Gasteiger partial charge in [0.1, 0.15) is 0 Å². The second-order valence-corrected chi connectivity index (χ2v) is 6.54. The van der Waals surface area contributed by atoms with Crippen LogP contribution in [0.4, 0.5) is 0 Å². The molecule has 0 aliphatic heterocycles. The maximum Gasteiger partial charge on any atom is 0.228 e. The van der Waals surface area contributed by atoms with Crippen molar-refractivity contribution in [3.05, 3.63) is 33.5 Å². The Hall–Kier alpha value is -1.73. The van der Waals surface area contributed by atoms with Crippen LogP contribution < -0.4 is 0 Å². The van der Waals surface area contributed by atoms with Crippen molar-refractivity contribution in [1.29, 1.82) is 0 Å². The van der Waals surface area contributed by atoms with Crippen molar-refractivity contribution in [3.8, 4) is 0 Å². The number of rotatable bonds is 7. The summed E-state index contributed by atoms with van der Waals surface area (Å²) in [5.74, 6) is 0.0904. The number of nitrogens with zero attached hydrogens (tertiary/aromatic N) is 4. The predicted octanol–water partition coefficient (Wildman–Crippen LogP) is 1.71. The number of aryl methyl sites for hydroxylation is 3. The third-order valence-electron chi connectivity index (χ3n) is 3.36. The monoisotopic (exact) mass is 322 g/mol. The fraction of sp³-hybridized carbons (Fsp3) is 0.533. The molecule has 0 aromatic carbocycles. The van der Waals surface area contributed by atoms with E-state index in [0.29, 0.717) is 26.1 Å². The number of hydrogen-bond donors (Lipinski definition) is 0. The van der Waals surface area contributed by atoms with Crippen LogP contribution in [-0.2, 0) is 29.5 Å². The van der Waals surface area contributed by atoms with E-state index >= 15 is 0 Å². The van der Waals surface area contributed by atoms with E-state index in [0.717, 1.165) is 21.1 Å². The third-order valence-corrected chi connectivity index (χ3v) is 4.43. The summed E-state index contributed by atoms with van der Waals surface area (Å²) in [6.45, 7) is 5.55. The van der Waals surface area contributed by atoms with Crippen molar-refractivity contribution >= 4 is 17.2 Å². The molecule has 120 valence electrons. The topological polar surface area (TPSA) is 60.2 Å². The maximum atomic E-state index is 12.6. The van der Waals surface area contributed by atoms with Crippen LogP contribution >= 0.6 is 11.3 Å². The van der Waals surface area contributed by atoms with Crippen LogP contribution in [0.2, 0.25) is 0 Å². The predicted molar refractivity (Wildman–Crippen MR) is 85.8 cm³/mol. The van der Waals surface area contributed by atoms with Gasteiger partial charge in [-0.3, -0.25) is 9.48 Å². The summed E-state index contributed by atoms with van der Waals surface area (Å²) in [6, 6.07) is 0. The van der Waals surface area contributed by atoms with E-state index in [-0.39, 0.29) is 5.91 Å². The number of thiazole rings is 1. The molecule has 0 aliphatic rings. The van der Waals surface area contributed by atoms with Gasteiger partial charge >= 0.3 is 0 Å². The van der Waals surface area contributed by atoms with Gasteiger partial charge in [-0.25, -0.2) is 4.98 Å². The lowest BCUT2D eigenvalue weighted by Gasteiger charge is -2.21. The Morgan fingerprint density at radius 2 is 2.23 bits per heavy atom. The highest BCUT2D eigenvalue weighted by molar-refractivity contribution is 7.11. The molecule has 0 unspecified atom stereocenters. The highest BCUT2D eigenvalue weighted by atomic mass is 32.1. The molecule has 2 aromatic heterocycles. The number of hydrogen-bond acceptors (Lipinski definition) is 5. The van der Waals surface area contributed by atoms with Crippen LogP contribution in [0.3, 0.4) is 0 Å². The number of amides is 1. The van der Waals surface area contributed by atoms with Crippen LogP contribution in [0.1, 0.15) is 21.1 Å². The summed E-state index contributed by atoms with van der Waals surface area (Å²) >= 11 is 1.59. The summed E-state index contributed by atoms with van der Waals surface area (Å²) in [6.07, 6.45) is 4.10. The Bertz CT molecular complexity index is 635. The van der Waals surface area contributed by atoms with Gasteiger partial charge < -0.3 is 9.64 Å². The molecule has 0 atom stereocenters. The first-order chi connectivity index (χ1) is 10.5. The zero-order valence-electron chi connectivity index (χ0n) is 13.5. The van der Waals surface area contributed by atoms with E-state index in [4.69, 9.17) is 4.74 Å². The molecular formula is C15H22N4O2S. The van der Waals surface area contributed by atoms with Crippen LogP contribution in [0, 0.1) is 13.8 Å². The Balaban J connectivity index is 2.06. The van der Waals surface area contributed by atoms with Crippen LogP contribution in [-0.4, -0.2) is 45.8 Å². The lowest BCUT2D eigenvalue weighted by atomic mass is 10.2. The van der Waals surface area contributed by atoms with Gasteiger partial charge in [0.2, 0.25) is 5.91 Å². The summed E-state index contributed by atoms with van der Waals surface area (Å²) < 4.78 is 6.86. The van der Waals surface area contributed by atoms with E-state index in [2.05, 4.69) is 10.1 Å². The van der Waals surface area contributed by atoms with Crippen LogP contribution in [0.5, 0.6) is 0 Å². The highest BCUT2D eigenvalue weighted by Gasteiger charge is 2.17. The van der Waals surface area contributed by atoms with Crippen LogP contribution in [0.15, 0.2) is 12.4 Å². The van der Waals surface area contributed by atoms with Gasteiger partial charge in [0, 0.05) is 43.9 Å². The molecular weight excluding hydrogens is 300 g/mol. The van der Waals surface area contributed by atoms with Gasteiger partial charge in [0.15, 0.2) is 0 Å². The van der Waals surface area contributed by atoms with Crippen molar-refractivity contribution in [2.24, 2.45) is 7.05 Å². The average Bonchev–Trinajstić information content (AvgIpc) is 3.00. The number of ether oxygens (including phenoxy) is 1. The Kier molecular flexibility index (Phi) is 5.68. The molecule has 6 nitrogen and oxygen atoms in total. The highest BCUT2D eigenvalue weighted by Crippen LogP contribution is 2.19. The van der Waals surface area contributed by atoms with Gasteiger partial charge in [-0.15, -0.1) is 11.3 Å². The smallest absolute Gasteiger partial charge is 0.228 e. The van der Waals surface area contributed by atoms with Crippen molar-refractivity contribution < 1.29 is 9.53 Å². The minimum atomic E-state index is 0.0904. The van der Waals surface area contributed by atoms with Crippen molar-refractivity contribution in [1.82, 2.24) is 19.7 Å². The molecule has 0 saturated carbocycles. The molecule has 0 bridgehead atoms. The van der Waals surface area contributed by atoms with Gasteiger partial charge in [0.05, 0.1) is 29.9 Å². The number of methoxy groups -OCH3 is 1. The van der Waals surface area contributed by atoms with Crippen LogP contribution in [0.25, 0.3) is 0 Å². The zero-order chi connectivity index (χ0) is 16.1. The molecule has 7 heteroatoms. The minimum Gasteiger partial charge on any atom is -0.383 e. The molecule has 0 fully saturated rings. The quantitative estimate of drug-likeness (QED) is 0.778. The molecule has 1 amide bonds. The van der Waals surface area contributed by atoms with E-state index < -0.39 is 0 Å². The molecule has 0 saturated heterocycles. The summed E-state index contributed by atoms with van der Waals surface area (Å²) in [5, 5.41) is 5.15. The fourth-order valence-electron chi connectivity index (χ4n) is 2.25. The molecule has 2 heterocycles. The normalized spacial score (nSPS) is 10.9. The minimum absolute atomic E-state index is 0.0904. The van der Waals surface area contributed by atoms with Crippen molar-refractivity contribution in [2.75, 3.05) is 20.3 Å². The number of carbonyl (C=O) groups is 1. The summed E-state index contributed by atoms with van der Waals surface area (Å²) in [5.41, 5.74) is 1.97. The maximum absolute atomic E-state index is 12.6. The van der Waals surface area contributed by atoms with E-state index in [9.17, 15) is 4.79 Å². The Morgan fingerprint density at radius 3 is 2.77 bits per heavy atom. The average molecular weight is 322 g/mol. The second-order valence-electron chi connectivity index (χ2n) is 5.25. The number of carbonyl (C=O) groups excluding carboxylic acids is 1.